The summed E-state index contributed by atoms with van der Waals surface area (Å²) in [5.74, 6) is 1.60. The van der Waals surface area contributed by atoms with Crippen LogP contribution in [0.5, 0.6) is 0 Å². The van der Waals surface area contributed by atoms with E-state index in [4.69, 9.17) is 0 Å². The van der Waals surface area contributed by atoms with Crippen molar-refractivity contribution in [1.82, 2.24) is 5.32 Å². The smallest absolute Gasteiger partial charge is 0.0133 e. The summed E-state index contributed by atoms with van der Waals surface area (Å²) >= 11 is 0. The summed E-state index contributed by atoms with van der Waals surface area (Å²) in [6.07, 6.45) is 9.74. The van der Waals surface area contributed by atoms with E-state index >= 15 is 0 Å². The standard InChI is InChI=1S/C17H25N/c1-18-17-11-3-2-10-16(17)15-9-5-8-14(12-15)13-6-4-7-13/h5,8-9,12-13,16-18H,2-4,6-7,10-11H2,1H3. The largest absolute Gasteiger partial charge is 0.316 e. The van der Waals surface area contributed by atoms with Crippen LogP contribution in [0, 0.1) is 0 Å². The maximum Gasteiger partial charge on any atom is 0.0133 e. The highest BCUT2D eigenvalue weighted by Gasteiger charge is 2.26. The molecule has 18 heavy (non-hydrogen) atoms. The van der Waals surface area contributed by atoms with E-state index in [0.29, 0.717) is 6.04 Å². The molecule has 0 heterocycles. The van der Waals surface area contributed by atoms with Crippen molar-refractivity contribution in [2.45, 2.75) is 62.8 Å². The summed E-state index contributed by atoms with van der Waals surface area (Å²) in [6, 6.07) is 10.2. The Hall–Kier alpha value is -0.820. The third kappa shape index (κ3) is 2.33. The van der Waals surface area contributed by atoms with Crippen molar-refractivity contribution in [2.24, 2.45) is 0 Å². The van der Waals surface area contributed by atoms with Gasteiger partial charge in [0.2, 0.25) is 0 Å². The van der Waals surface area contributed by atoms with Gasteiger partial charge in [-0.15, -0.1) is 0 Å². The zero-order chi connectivity index (χ0) is 12.4. The summed E-state index contributed by atoms with van der Waals surface area (Å²) in [5.41, 5.74) is 3.18. The van der Waals surface area contributed by atoms with Crippen LogP contribution in [0.4, 0.5) is 0 Å². The second kappa shape index (κ2) is 5.44. The molecule has 0 spiro atoms. The number of nitrogens with one attached hydrogen (secondary N) is 1. The predicted octanol–water partition coefficient (Wildman–Crippen LogP) is 4.20. The minimum Gasteiger partial charge on any atom is -0.316 e. The lowest BCUT2D eigenvalue weighted by molar-refractivity contribution is 0.343. The molecule has 98 valence electrons. The van der Waals surface area contributed by atoms with E-state index in [9.17, 15) is 0 Å². The number of likely N-dealkylation sites (N-methyl/N-ethyl adjacent to an activating group) is 1. The molecule has 0 amide bonds. The first-order valence-electron chi connectivity index (χ1n) is 7.65. The minimum atomic E-state index is 0.690. The average Bonchev–Trinajstić information content (AvgIpc) is 2.37. The van der Waals surface area contributed by atoms with Crippen LogP contribution in [0.2, 0.25) is 0 Å². The molecule has 2 fully saturated rings. The molecule has 1 N–H and O–H groups in total. The molecule has 3 rings (SSSR count). The van der Waals surface area contributed by atoms with Crippen LogP contribution in [0.25, 0.3) is 0 Å². The molecule has 0 aromatic heterocycles. The highest BCUT2D eigenvalue weighted by Crippen LogP contribution is 2.39. The Bertz CT molecular complexity index is 394. The van der Waals surface area contributed by atoms with Crippen LogP contribution in [0.15, 0.2) is 24.3 Å². The third-order valence-corrected chi connectivity index (χ3v) is 5.05. The Labute approximate surface area is 111 Å². The Morgan fingerprint density at radius 2 is 1.72 bits per heavy atom. The first kappa shape index (κ1) is 12.2. The second-order valence-electron chi connectivity index (χ2n) is 6.08. The van der Waals surface area contributed by atoms with Gasteiger partial charge in [0.15, 0.2) is 0 Å². The molecule has 2 aliphatic rings. The van der Waals surface area contributed by atoms with E-state index in [0.717, 1.165) is 11.8 Å². The second-order valence-corrected chi connectivity index (χ2v) is 6.08. The molecule has 1 aromatic rings. The van der Waals surface area contributed by atoms with Crippen LogP contribution in [0.1, 0.15) is 67.9 Å². The molecular weight excluding hydrogens is 218 g/mol. The van der Waals surface area contributed by atoms with Gasteiger partial charge >= 0.3 is 0 Å². The maximum atomic E-state index is 3.53. The molecule has 1 nitrogen and oxygen atoms in total. The number of benzene rings is 1. The fraction of sp³-hybridized carbons (Fsp3) is 0.647. The van der Waals surface area contributed by atoms with Gasteiger partial charge in [-0.1, -0.05) is 43.5 Å². The first-order chi connectivity index (χ1) is 8.88. The summed E-state index contributed by atoms with van der Waals surface area (Å²) < 4.78 is 0. The normalized spacial score (nSPS) is 28.9. The third-order valence-electron chi connectivity index (χ3n) is 5.05. The van der Waals surface area contributed by atoms with Crippen molar-refractivity contribution in [3.63, 3.8) is 0 Å². The van der Waals surface area contributed by atoms with Gasteiger partial charge in [0, 0.05) is 6.04 Å². The van der Waals surface area contributed by atoms with Gasteiger partial charge in [-0.25, -0.2) is 0 Å². The van der Waals surface area contributed by atoms with Crippen LogP contribution in [0.3, 0.4) is 0 Å². The van der Waals surface area contributed by atoms with Crippen molar-refractivity contribution in [3.8, 4) is 0 Å². The van der Waals surface area contributed by atoms with Crippen LogP contribution in [-0.2, 0) is 0 Å². The van der Waals surface area contributed by atoms with Gasteiger partial charge < -0.3 is 5.32 Å². The molecule has 2 aliphatic carbocycles. The van der Waals surface area contributed by atoms with Gasteiger partial charge in [0.1, 0.15) is 0 Å². The molecule has 2 atom stereocenters. The Morgan fingerprint density at radius 3 is 2.44 bits per heavy atom. The highest BCUT2D eigenvalue weighted by atomic mass is 14.9. The lowest BCUT2D eigenvalue weighted by Crippen LogP contribution is -2.34. The zero-order valence-electron chi connectivity index (χ0n) is 11.5. The Balaban J connectivity index is 1.81. The fourth-order valence-corrected chi connectivity index (χ4v) is 3.66. The lowest BCUT2D eigenvalue weighted by atomic mass is 9.76. The van der Waals surface area contributed by atoms with Crippen molar-refractivity contribution in [2.75, 3.05) is 7.05 Å². The quantitative estimate of drug-likeness (QED) is 0.839. The Morgan fingerprint density at radius 1 is 0.944 bits per heavy atom. The van der Waals surface area contributed by atoms with E-state index in [1.54, 1.807) is 11.1 Å². The highest BCUT2D eigenvalue weighted by molar-refractivity contribution is 5.31. The average molecular weight is 243 g/mol. The predicted molar refractivity (Wildman–Crippen MR) is 77.1 cm³/mol. The van der Waals surface area contributed by atoms with Crippen molar-refractivity contribution >= 4 is 0 Å². The molecule has 0 bridgehead atoms. The fourth-order valence-electron chi connectivity index (χ4n) is 3.66. The number of hydrogen-bond donors (Lipinski definition) is 1. The van der Waals surface area contributed by atoms with Crippen LogP contribution >= 0.6 is 0 Å². The van der Waals surface area contributed by atoms with Gasteiger partial charge in [-0.2, -0.15) is 0 Å². The van der Waals surface area contributed by atoms with Gasteiger partial charge in [-0.3, -0.25) is 0 Å². The summed E-state index contributed by atoms with van der Waals surface area (Å²) in [6.45, 7) is 0. The first-order valence-corrected chi connectivity index (χ1v) is 7.65. The summed E-state index contributed by atoms with van der Waals surface area (Å²) in [5, 5.41) is 3.53. The van der Waals surface area contributed by atoms with E-state index in [-0.39, 0.29) is 0 Å². The molecule has 2 saturated carbocycles. The minimum absolute atomic E-state index is 0.690. The van der Waals surface area contributed by atoms with E-state index in [2.05, 4.69) is 36.6 Å². The topological polar surface area (TPSA) is 12.0 Å². The SMILES string of the molecule is CNC1CCCCC1c1cccc(C2CCC2)c1. The zero-order valence-corrected chi connectivity index (χ0v) is 11.5. The van der Waals surface area contributed by atoms with Crippen LogP contribution < -0.4 is 5.32 Å². The molecule has 0 radical (unpaired) electrons. The van der Waals surface area contributed by atoms with Crippen molar-refractivity contribution in [3.05, 3.63) is 35.4 Å². The molecule has 1 heteroatoms. The Kier molecular flexibility index (Phi) is 3.69. The summed E-state index contributed by atoms with van der Waals surface area (Å²) in [4.78, 5) is 0. The number of hydrogen-bond acceptors (Lipinski definition) is 1. The van der Waals surface area contributed by atoms with Crippen molar-refractivity contribution in [1.29, 1.82) is 0 Å². The molecule has 2 unspecified atom stereocenters. The maximum absolute atomic E-state index is 3.53. The monoisotopic (exact) mass is 243 g/mol. The van der Waals surface area contributed by atoms with Crippen molar-refractivity contribution < 1.29 is 0 Å². The lowest BCUT2D eigenvalue weighted by Gasteiger charge is -2.33. The van der Waals surface area contributed by atoms with E-state index in [1.165, 1.54) is 44.9 Å². The van der Waals surface area contributed by atoms with Gasteiger partial charge in [0.05, 0.1) is 0 Å². The molecule has 1 aromatic carbocycles. The van der Waals surface area contributed by atoms with E-state index < -0.39 is 0 Å². The van der Waals surface area contributed by atoms with Gasteiger partial charge in [-0.05, 0) is 55.7 Å². The van der Waals surface area contributed by atoms with Crippen LogP contribution in [-0.4, -0.2) is 13.1 Å². The van der Waals surface area contributed by atoms with E-state index in [1.807, 2.05) is 0 Å². The number of rotatable bonds is 3. The molecule has 0 aliphatic heterocycles. The molecule has 0 saturated heterocycles. The summed E-state index contributed by atoms with van der Waals surface area (Å²) in [7, 11) is 2.12. The molecular formula is C17H25N. The van der Waals surface area contributed by atoms with Gasteiger partial charge in [0.25, 0.3) is 0 Å².